The van der Waals surface area contributed by atoms with Crippen LogP contribution in [0, 0.1) is 5.92 Å². The molecule has 90 valence electrons. The zero-order valence-electron chi connectivity index (χ0n) is 9.91. The van der Waals surface area contributed by atoms with E-state index in [4.69, 9.17) is 21.1 Å². The van der Waals surface area contributed by atoms with Crippen molar-refractivity contribution in [1.29, 1.82) is 0 Å². The molecule has 0 aromatic heterocycles. The van der Waals surface area contributed by atoms with Gasteiger partial charge in [0.1, 0.15) is 5.75 Å². The zero-order valence-corrected chi connectivity index (χ0v) is 10.7. The highest BCUT2D eigenvalue weighted by molar-refractivity contribution is 6.18. The minimum atomic E-state index is 0.369. The lowest BCUT2D eigenvalue weighted by molar-refractivity contribution is 0.117. The summed E-state index contributed by atoms with van der Waals surface area (Å²) in [6.45, 7) is 3.46. The van der Waals surface area contributed by atoms with E-state index in [0.717, 1.165) is 25.4 Å². The van der Waals surface area contributed by atoms with Gasteiger partial charge in [0.05, 0.1) is 13.7 Å². The predicted molar refractivity (Wildman–Crippen MR) is 67.4 cm³/mol. The molecule has 1 rings (SSSR count). The SMILES string of the molecule is CCOCC(CCl)Cc1cccc(OC)c1. The molecule has 0 N–H and O–H groups in total. The molecule has 0 aliphatic carbocycles. The summed E-state index contributed by atoms with van der Waals surface area (Å²) in [7, 11) is 1.68. The molecule has 0 radical (unpaired) electrons. The van der Waals surface area contributed by atoms with Gasteiger partial charge < -0.3 is 9.47 Å². The molecule has 0 spiro atoms. The molecule has 0 aliphatic heterocycles. The molecular formula is C13H19ClO2. The van der Waals surface area contributed by atoms with E-state index in [0.29, 0.717) is 11.8 Å². The van der Waals surface area contributed by atoms with Crippen LogP contribution in [0.1, 0.15) is 12.5 Å². The Labute approximate surface area is 103 Å². The van der Waals surface area contributed by atoms with Crippen molar-refractivity contribution in [2.45, 2.75) is 13.3 Å². The van der Waals surface area contributed by atoms with Crippen LogP contribution in [0.3, 0.4) is 0 Å². The molecule has 1 aromatic rings. The largest absolute Gasteiger partial charge is 0.497 e. The van der Waals surface area contributed by atoms with Crippen molar-refractivity contribution in [2.24, 2.45) is 5.92 Å². The van der Waals surface area contributed by atoms with Gasteiger partial charge >= 0.3 is 0 Å². The molecule has 2 nitrogen and oxygen atoms in total. The second-order valence-electron chi connectivity index (χ2n) is 3.74. The maximum Gasteiger partial charge on any atom is 0.119 e. The monoisotopic (exact) mass is 242 g/mol. The number of halogens is 1. The molecule has 1 atom stereocenters. The molecule has 0 heterocycles. The van der Waals surface area contributed by atoms with Crippen LogP contribution in [0.4, 0.5) is 0 Å². The van der Waals surface area contributed by atoms with E-state index in [1.165, 1.54) is 5.56 Å². The summed E-state index contributed by atoms with van der Waals surface area (Å²) in [6, 6.07) is 8.08. The minimum absolute atomic E-state index is 0.369. The van der Waals surface area contributed by atoms with Gasteiger partial charge in [-0.2, -0.15) is 0 Å². The number of ether oxygens (including phenoxy) is 2. The van der Waals surface area contributed by atoms with Crippen LogP contribution in [0.5, 0.6) is 5.75 Å². The standard InChI is InChI=1S/C13H19ClO2/c1-3-16-10-12(9-14)7-11-5-4-6-13(8-11)15-2/h4-6,8,12H,3,7,9-10H2,1-2H3. The molecule has 1 unspecified atom stereocenters. The van der Waals surface area contributed by atoms with Crippen molar-refractivity contribution in [3.8, 4) is 5.75 Å². The lowest BCUT2D eigenvalue weighted by atomic mass is 10.0. The highest BCUT2D eigenvalue weighted by atomic mass is 35.5. The van der Waals surface area contributed by atoms with Crippen LogP contribution in [0.15, 0.2) is 24.3 Å². The Bertz CT molecular complexity index is 302. The molecule has 0 saturated carbocycles. The summed E-state index contributed by atoms with van der Waals surface area (Å²) in [4.78, 5) is 0. The molecule has 0 saturated heterocycles. The summed E-state index contributed by atoms with van der Waals surface area (Å²) in [5.41, 5.74) is 1.24. The summed E-state index contributed by atoms with van der Waals surface area (Å²) < 4.78 is 10.6. The molecule has 1 aromatic carbocycles. The van der Waals surface area contributed by atoms with Crippen LogP contribution in [0.2, 0.25) is 0 Å². The van der Waals surface area contributed by atoms with Crippen molar-refractivity contribution in [3.05, 3.63) is 29.8 Å². The van der Waals surface area contributed by atoms with Crippen LogP contribution >= 0.6 is 11.6 Å². The van der Waals surface area contributed by atoms with Crippen LogP contribution in [0.25, 0.3) is 0 Å². The van der Waals surface area contributed by atoms with Crippen molar-refractivity contribution in [3.63, 3.8) is 0 Å². The minimum Gasteiger partial charge on any atom is -0.497 e. The Morgan fingerprint density at radius 1 is 1.38 bits per heavy atom. The van der Waals surface area contributed by atoms with E-state index < -0.39 is 0 Å². The van der Waals surface area contributed by atoms with Gasteiger partial charge in [0.15, 0.2) is 0 Å². The average Bonchev–Trinajstić information content (AvgIpc) is 2.34. The van der Waals surface area contributed by atoms with Crippen molar-refractivity contribution in [1.82, 2.24) is 0 Å². The fraction of sp³-hybridized carbons (Fsp3) is 0.538. The Morgan fingerprint density at radius 3 is 2.81 bits per heavy atom. The Kier molecular flexibility index (Phi) is 6.27. The first-order chi connectivity index (χ1) is 7.80. The second kappa shape index (κ2) is 7.53. The lowest BCUT2D eigenvalue weighted by Gasteiger charge is -2.14. The van der Waals surface area contributed by atoms with E-state index >= 15 is 0 Å². The van der Waals surface area contributed by atoms with Gasteiger partial charge in [-0.25, -0.2) is 0 Å². The number of rotatable bonds is 7. The van der Waals surface area contributed by atoms with Gasteiger partial charge in [-0.3, -0.25) is 0 Å². The first-order valence-electron chi connectivity index (χ1n) is 5.56. The molecule has 0 fully saturated rings. The van der Waals surface area contributed by atoms with Gasteiger partial charge in [0, 0.05) is 12.5 Å². The highest BCUT2D eigenvalue weighted by Gasteiger charge is 2.09. The zero-order chi connectivity index (χ0) is 11.8. The fourth-order valence-electron chi connectivity index (χ4n) is 1.58. The normalized spacial score (nSPS) is 12.4. The topological polar surface area (TPSA) is 18.5 Å². The van der Waals surface area contributed by atoms with E-state index in [-0.39, 0.29) is 0 Å². The first-order valence-corrected chi connectivity index (χ1v) is 6.10. The summed E-state index contributed by atoms with van der Waals surface area (Å²) >= 11 is 5.92. The third kappa shape index (κ3) is 4.42. The maximum atomic E-state index is 5.92. The second-order valence-corrected chi connectivity index (χ2v) is 4.04. The Morgan fingerprint density at radius 2 is 2.19 bits per heavy atom. The molecule has 16 heavy (non-hydrogen) atoms. The molecule has 0 amide bonds. The van der Waals surface area contributed by atoms with Gasteiger partial charge in [-0.15, -0.1) is 11.6 Å². The first kappa shape index (κ1) is 13.3. The molecular weight excluding hydrogens is 224 g/mol. The molecule has 3 heteroatoms. The molecule has 0 aliphatic rings. The van der Waals surface area contributed by atoms with Crippen molar-refractivity contribution >= 4 is 11.6 Å². The number of benzene rings is 1. The third-order valence-corrected chi connectivity index (χ3v) is 2.87. The Hall–Kier alpha value is -0.730. The van der Waals surface area contributed by atoms with Crippen molar-refractivity contribution < 1.29 is 9.47 Å². The summed E-state index contributed by atoms with van der Waals surface area (Å²) in [5, 5.41) is 0. The van der Waals surface area contributed by atoms with Gasteiger partial charge in [-0.1, -0.05) is 12.1 Å². The summed E-state index contributed by atoms with van der Waals surface area (Å²) in [5.74, 6) is 1.88. The maximum absolute atomic E-state index is 5.92. The Balaban J connectivity index is 2.55. The van der Waals surface area contributed by atoms with Gasteiger partial charge in [0.25, 0.3) is 0 Å². The number of hydrogen-bond donors (Lipinski definition) is 0. The van der Waals surface area contributed by atoms with Crippen molar-refractivity contribution in [2.75, 3.05) is 26.2 Å². The summed E-state index contributed by atoms with van der Waals surface area (Å²) in [6.07, 6.45) is 0.931. The number of alkyl halides is 1. The van der Waals surface area contributed by atoms with Crippen LogP contribution < -0.4 is 4.74 Å². The highest BCUT2D eigenvalue weighted by Crippen LogP contribution is 2.17. The fourth-order valence-corrected chi connectivity index (χ4v) is 1.77. The van der Waals surface area contributed by atoms with E-state index in [9.17, 15) is 0 Å². The quantitative estimate of drug-likeness (QED) is 0.684. The third-order valence-electron chi connectivity index (χ3n) is 2.43. The van der Waals surface area contributed by atoms with Gasteiger partial charge in [0.2, 0.25) is 0 Å². The smallest absolute Gasteiger partial charge is 0.119 e. The van der Waals surface area contributed by atoms with Crippen LogP contribution in [-0.4, -0.2) is 26.2 Å². The average molecular weight is 243 g/mol. The van der Waals surface area contributed by atoms with Gasteiger partial charge in [-0.05, 0) is 37.0 Å². The lowest BCUT2D eigenvalue weighted by Crippen LogP contribution is -2.14. The van der Waals surface area contributed by atoms with E-state index in [1.54, 1.807) is 7.11 Å². The number of hydrogen-bond acceptors (Lipinski definition) is 2. The van der Waals surface area contributed by atoms with Crippen LogP contribution in [-0.2, 0) is 11.2 Å². The van der Waals surface area contributed by atoms with E-state index in [1.807, 2.05) is 25.1 Å². The number of methoxy groups -OCH3 is 1. The predicted octanol–water partition coefficient (Wildman–Crippen LogP) is 3.13. The van der Waals surface area contributed by atoms with E-state index in [2.05, 4.69) is 6.07 Å². The molecule has 0 bridgehead atoms.